The van der Waals surface area contributed by atoms with Crippen LogP contribution in [0.4, 0.5) is 5.82 Å². The van der Waals surface area contributed by atoms with E-state index in [9.17, 15) is 5.11 Å². The number of aliphatic hydroxyl groups is 1. The zero-order valence-corrected chi connectivity index (χ0v) is 8.98. The number of nitrogens with one attached hydrogen (secondary N) is 1. The van der Waals surface area contributed by atoms with Crippen molar-refractivity contribution in [3.8, 4) is 0 Å². The molecule has 0 spiro atoms. The van der Waals surface area contributed by atoms with Crippen molar-refractivity contribution in [1.29, 1.82) is 0 Å². The lowest BCUT2D eigenvalue weighted by Gasteiger charge is -2.19. The first-order chi connectivity index (χ1) is 7.29. The minimum Gasteiger partial charge on any atom is -0.396 e. The molecule has 2 unspecified atom stereocenters. The lowest BCUT2D eigenvalue weighted by molar-refractivity contribution is 0.222. The summed E-state index contributed by atoms with van der Waals surface area (Å²) in [6, 6.07) is 2.24. The summed E-state index contributed by atoms with van der Waals surface area (Å²) in [5.41, 5.74) is 0. The highest BCUT2D eigenvalue weighted by molar-refractivity contribution is 5.34. The van der Waals surface area contributed by atoms with Gasteiger partial charge in [-0.3, -0.25) is 0 Å². The quantitative estimate of drug-likeness (QED) is 0.785. The Morgan fingerprint density at radius 3 is 3.13 bits per heavy atom. The second-order valence-corrected chi connectivity index (χ2v) is 4.11. The van der Waals surface area contributed by atoms with Crippen LogP contribution >= 0.6 is 0 Å². The molecule has 1 aromatic rings. The number of hydrogen-bond acceptors (Lipinski definition) is 4. The largest absolute Gasteiger partial charge is 0.396 e. The topological polar surface area (TPSA) is 58.0 Å². The number of anilines is 1. The summed E-state index contributed by atoms with van der Waals surface area (Å²) in [4.78, 5) is 8.35. The molecule has 1 aromatic heterocycles. The van der Waals surface area contributed by atoms with E-state index in [0.29, 0.717) is 12.0 Å². The van der Waals surface area contributed by atoms with Gasteiger partial charge in [0.25, 0.3) is 0 Å². The number of nitrogens with zero attached hydrogens (tertiary/aromatic N) is 2. The van der Waals surface area contributed by atoms with Crippen LogP contribution in [-0.4, -0.2) is 27.7 Å². The van der Waals surface area contributed by atoms with Gasteiger partial charge in [0, 0.05) is 24.8 Å². The average molecular weight is 207 g/mol. The van der Waals surface area contributed by atoms with Crippen LogP contribution in [0.25, 0.3) is 0 Å². The molecule has 0 amide bonds. The van der Waals surface area contributed by atoms with Gasteiger partial charge in [0.2, 0.25) is 0 Å². The summed E-state index contributed by atoms with van der Waals surface area (Å²) in [6.07, 6.45) is 5.17. The monoisotopic (exact) mass is 207 g/mol. The van der Waals surface area contributed by atoms with Crippen molar-refractivity contribution in [2.24, 2.45) is 5.92 Å². The molecular weight excluding hydrogens is 190 g/mol. The summed E-state index contributed by atoms with van der Waals surface area (Å²) in [7, 11) is 0. The number of aliphatic hydroxyl groups excluding tert-OH is 1. The van der Waals surface area contributed by atoms with Crippen LogP contribution in [0.15, 0.2) is 12.3 Å². The molecule has 2 rings (SSSR count). The maximum atomic E-state index is 9.20. The second-order valence-electron chi connectivity index (χ2n) is 4.11. The molecule has 0 saturated heterocycles. The molecule has 2 N–H and O–H groups in total. The Balaban J connectivity index is 2.02. The van der Waals surface area contributed by atoms with Gasteiger partial charge in [0.05, 0.1) is 0 Å². The van der Waals surface area contributed by atoms with Crippen molar-refractivity contribution in [3.05, 3.63) is 18.1 Å². The third-order valence-electron chi connectivity index (χ3n) is 3.00. The molecule has 15 heavy (non-hydrogen) atoms. The Morgan fingerprint density at radius 1 is 1.53 bits per heavy atom. The fraction of sp³-hybridized carbons (Fsp3) is 0.636. The Labute approximate surface area is 89.8 Å². The summed E-state index contributed by atoms with van der Waals surface area (Å²) in [6.45, 7) is 2.14. The van der Waals surface area contributed by atoms with Crippen molar-refractivity contribution in [3.63, 3.8) is 0 Å². The normalized spacial score (nSPS) is 25.5. The van der Waals surface area contributed by atoms with E-state index in [4.69, 9.17) is 0 Å². The van der Waals surface area contributed by atoms with E-state index in [-0.39, 0.29) is 6.61 Å². The molecule has 1 fully saturated rings. The van der Waals surface area contributed by atoms with Gasteiger partial charge in [-0.2, -0.15) is 0 Å². The standard InChI is InChI=1S/C11H17N3O/c1-8-12-6-5-11(13-8)14-10-4-2-3-9(10)7-15/h5-6,9-10,15H,2-4,7H2,1H3,(H,12,13,14). The SMILES string of the molecule is Cc1nccc(NC2CCCC2CO)n1. The minimum absolute atomic E-state index is 0.266. The maximum absolute atomic E-state index is 9.20. The van der Waals surface area contributed by atoms with E-state index < -0.39 is 0 Å². The predicted molar refractivity (Wildman–Crippen MR) is 58.6 cm³/mol. The van der Waals surface area contributed by atoms with E-state index >= 15 is 0 Å². The summed E-state index contributed by atoms with van der Waals surface area (Å²) < 4.78 is 0. The van der Waals surface area contributed by atoms with Crippen molar-refractivity contribution >= 4 is 5.82 Å². The average Bonchev–Trinajstić information content (AvgIpc) is 2.65. The van der Waals surface area contributed by atoms with Crippen LogP contribution in [0.1, 0.15) is 25.1 Å². The fourth-order valence-corrected chi connectivity index (χ4v) is 2.17. The fourth-order valence-electron chi connectivity index (χ4n) is 2.17. The van der Waals surface area contributed by atoms with Crippen LogP contribution < -0.4 is 5.32 Å². The van der Waals surface area contributed by atoms with Crippen LogP contribution in [-0.2, 0) is 0 Å². The van der Waals surface area contributed by atoms with Gasteiger partial charge in [-0.1, -0.05) is 6.42 Å². The highest BCUT2D eigenvalue weighted by Gasteiger charge is 2.26. The zero-order valence-electron chi connectivity index (χ0n) is 8.98. The molecule has 0 aromatic carbocycles. The predicted octanol–water partition coefficient (Wildman–Crippen LogP) is 1.36. The summed E-state index contributed by atoms with van der Waals surface area (Å²) >= 11 is 0. The van der Waals surface area contributed by atoms with E-state index in [1.807, 2.05) is 13.0 Å². The third-order valence-corrected chi connectivity index (χ3v) is 3.00. The molecule has 4 heteroatoms. The van der Waals surface area contributed by atoms with E-state index in [0.717, 1.165) is 24.5 Å². The molecule has 0 aliphatic heterocycles. The van der Waals surface area contributed by atoms with Crippen molar-refractivity contribution in [1.82, 2.24) is 9.97 Å². The van der Waals surface area contributed by atoms with E-state index in [1.54, 1.807) is 6.20 Å². The van der Waals surface area contributed by atoms with Crippen LogP contribution in [0.5, 0.6) is 0 Å². The molecule has 0 radical (unpaired) electrons. The van der Waals surface area contributed by atoms with Crippen LogP contribution in [0.3, 0.4) is 0 Å². The second kappa shape index (κ2) is 4.57. The third kappa shape index (κ3) is 2.45. The highest BCUT2D eigenvalue weighted by Crippen LogP contribution is 2.27. The van der Waals surface area contributed by atoms with Gasteiger partial charge in [0.15, 0.2) is 0 Å². The lowest BCUT2D eigenvalue weighted by atomic mass is 10.1. The lowest BCUT2D eigenvalue weighted by Crippen LogP contribution is -2.26. The minimum atomic E-state index is 0.266. The van der Waals surface area contributed by atoms with Crippen LogP contribution in [0, 0.1) is 12.8 Å². The number of aromatic nitrogens is 2. The van der Waals surface area contributed by atoms with Gasteiger partial charge >= 0.3 is 0 Å². The maximum Gasteiger partial charge on any atom is 0.129 e. The number of hydrogen-bond donors (Lipinski definition) is 2. The van der Waals surface area contributed by atoms with Gasteiger partial charge in [-0.05, 0) is 25.8 Å². The van der Waals surface area contributed by atoms with Crippen molar-refractivity contribution < 1.29 is 5.11 Å². The van der Waals surface area contributed by atoms with Gasteiger partial charge in [0.1, 0.15) is 11.6 Å². The molecule has 2 atom stereocenters. The first-order valence-corrected chi connectivity index (χ1v) is 5.46. The molecule has 4 nitrogen and oxygen atoms in total. The first kappa shape index (κ1) is 10.4. The number of rotatable bonds is 3. The molecule has 1 aliphatic rings. The van der Waals surface area contributed by atoms with E-state index in [1.165, 1.54) is 6.42 Å². The molecule has 1 heterocycles. The zero-order chi connectivity index (χ0) is 10.7. The van der Waals surface area contributed by atoms with Gasteiger partial charge in [-0.15, -0.1) is 0 Å². The molecule has 1 saturated carbocycles. The van der Waals surface area contributed by atoms with E-state index in [2.05, 4.69) is 15.3 Å². The van der Waals surface area contributed by atoms with Gasteiger partial charge < -0.3 is 10.4 Å². The van der Waals surface area contributed by atoms with Crippen LogP contribution in [0.2, 0.25) is 0 Å². The molecular formula is C11H17N3O. The Hall–Kier alpha value is -1.16. The summed E-state index contributed by atoms with van der Waals surface area (Å²) in [5, 5.41) is 12.6. The first-order valence-electron chi connectivity index (χ1n) is 5.46. The Morgan fingerprint density at radius 2 is 2.40 bits per heavy atom. The summed E-state index contributed by atoms with van der Waals surface area (Å²) in [5.74, 6) is 2.02. The number of aryl methyl sites for hydroxylation is 1. The molecule has 1 aliphatic carbocycles. The Bertz CT molecular complexity index is 329. The highest BCUT2D eigenvalue weighted by atomic mass is 16.3. The van der Waals surface area contributed by atoms with Crippen molar-refractivity contribution in [2.75, 3.05) is 11.9 Å². The smallest absolute Gasteiger partial charge is 0.129 e. The Kier molecular flexibility index (Phi) is 3.16. The molecule has 0 bridgehead atoms. The van der Waals surface area contributed by atoms with Gasteiger partial charge in [-0.25, -0.2) is 9.97 Å². The van der Waals surface area contributed by atoms with Crippen molar-refractivity contribution in [2.45, 2.75) is 32.2 Å². The molecule has 82 valence electrons.